The molecule has 6 nitrogen and oxygen atoms in total. The molecule has 0 aliphatic carbocycles. The predicted octanol–water partition coefficient (Wildman–Crippen LogP) is 5.01. The Morgan fingerprint density at radius 1 is 1.10 bits per heavy atom. The molecule has 0 atom stereocenters. The summed E-state index contributed by atoms with van der Waals surface area (Å²) in [5, 5.41) is 0.815. The first-order valence-corrected chi connectivity index (χ1v) is 10.5. The fourth-order valence-corrected chi connectivity index (χ4v) is 4.37. The van der Waals surface area contributed by atoms with Gasteiger partial charge in [-0.1, -0.05) is 23.5 Å². The summed E-state index contributed by atoms with van der Waals surface area (Å²) in [5.41, 5.74) is 1.59. The molecule has 1 amide bonds. The van der Waals surface area contributed by atoms with Crippen LogP contribution in [0.4, 0.5) is 0 Å². The number of carbonyl (C=O) groups excluding carboxylic acids is 1. The lowest BCUT2D eigenvalue weighted by molar-refractivity contribution is 0.0973. The largest absolute Gasteiger partial charge is 0.494 e. The van der Waals surface area contributed by atoms with E-state index in [1.807, 2.05) is 61.7 Å². The number of amides is 1. The Morgan fingerprint density at radius 2 is 1.93 bits per heavy atom. The summed E-state index contributed by atoms with van der Waals surface area (Å²) in [4.78, 5) is 17.8. The molecular weight excluding hydrogens is 388 g/mol. The molecule has 0 aliphatic rings. The Morgan fingerprint density at radius 3 is 2.69 bits per heavy atom. The summed E-state index contributed by atoms with van der Waals surface area (Å²) in [6.45, 7) is 7.72. The monoisotopic (exact) mass is 410 g/mol. The number of fused-ring (bicyclic) bond motifs is 2. The van der Waals surface area contributed by atoms with E-state index < -0.39 is 5.91 Å². The van der Waals surface area contributed by atoms with Crippen molar-refractivity contribution in [2.45, 2.75) is 27.3 Å². The normalized spacial score (nSPS) is 12.0. The molecule has 2 heterocycles. The molecule has 2 aromatic carbocycles. The van der Waals surface area contributed by atoms with Gasteiger partial charge in [-0.05, 0) is 51.1 Å². The third-order valence-electron chi connectivity index (χ3n) is 4.50. The van der Waals surface area contributed by atoms with Crippen molar-refractivity contribution in [3.05, 3.63) is 53.0 Å². The van der Waals surface area contributed by atoms with Crippen molar-refractivity contribution in [3.8, 4) is 11.5 Å². The topological polar surface area (TPSA) is 66.0 Å². The van der Waals surface area contributed by atoms with Gasteiger partial charge in [0.25, 0.3) is 0 Å². The van der Waals surface area contributed by atoms with E-state index in [9.17, 15) is 4.79 Å². The van der Waals surface area contributed by atoms with Gasteiger partial charge in [0.05, 0.1) is 23.4 Å². The first kappa shape index (κ1) is 19.3. The van der Waals surface area contributed by atoms with Crippen molar-refractivity contribution in [2.75, 3.05) is 13.2 Å². The molecule has 0 saturated carbocycles. The number of aryl methyl sites for hydroxylation is 1. The molecule has 0 saturated heterocycles. The number of ether oxygens (including phenoxy) is 2. The minimum Gasteiger partial charge on any atom is -0.494 e. The molecule has 0 fully saturated rings. The minimum absolute atomic E-state index is 0.197. The Bertz CT molecular complexity index is 1250. The van der Waals surface area contributed by atoms with Crippen LogP contribution in [0.25, 0.3) is 21.2 Å². The maximum Gasteiger partial charge on any atom is 0.315 e. The van der Waals surface area contributed by atoms with E-state index >= 15 is 0 Å². The van der Waals surface area contributed by atoms with Crippen LogP contribution in [0, 0.1) is 0 Å². The van der Waals surface area contributed by atoms with Gasteiger partial charge >= 0.3 is 5.91 Å². The standard InChI is InChI=1S/C22H22N2O4S/c1-4-24-16-11-10-15(26-5-2)13-19(16)29-22(24)23-21(25)18-12-14-8-7-9-17(27-6-3)20(14)28-18/h7-13H,4-6H2,1-3H3. The number of carbonyl (C=O) groups is 1. The SMILES string of the molecule is CCOc1ccc2c(c1)sc(=NC(=O)c1cc3cccc(OCC)c3o1)n2CC. The number of nitrogens with zero attached hydrogens (tertiary/aromatic N) is 2. The van der Waals surface area contributed by atoms with Crippen molar-refractivity contribution in [3.63, 3.8) is 0 Å². The van der Waals surface area contributed by atoms with Gasteiger partial charge in [0.1, 0.15) is 5.75 Å². The van der Waals surface area contributed by atoms with E-state index in [2.05, 4.69) is 4.99 Å². The van der Waals surface area contributed by atoms with Crippen LogP contribution >= 0.6 is 11.3 Å². The number of rotatable bonds is 6. The molecule has 0 spiro atoms. The summed E-state index contributed by atoms with van der Waals surface area (Å²) < 4.78 is 20.0. The molecule has 150 valence electrons. The molecule has 4 rings (SSSR count). The van der Waals surface area contributed by atoms with Crippen molar-refractivity contribution in [1.82, 2.24) is 4.57 Å². The number of benzene rings is 2. The number of hydrogen-bond acceptors (Lipinski definition) is 5. The van der Waals surface area contributed by atoms with Crippen LogP contribution in [0.5, 0.6) is 11.5 Å². The lowest BCUT2D eigenvalue weighted by atomic mass is 10.2. The van der Waals surface area contributed by atoms with Gasteiger partial charge in [-0.25, -0.2) is 0 Å². The van der Waals surface area contributed by atoms with E-state index in [4.69, 9.17) is 13.9 Å². The number of aromatic nitrogens is 1. The maximum atomic E-state index is 12.8. The van der Waals surface area contributed by atoms with Gasteiger partial charge in [0, 0.05) is 11.9 Å². The van der Waals surface area contributed by atoms with Crippen LogP contribution in [0.1, 0.15) is 31.3 Å². The van der Waals surface area contributed by atoms with Gasteiger partial charge < -0.3 is 18.5 Å². The van der Waals surface area contributed by atoms with Gasteiger partial charge in [-0.15, -0.1) is 0 Å². The average molecular weight is 410 g/mol. The van der Waals surface area contributed by atoms with Crippen molar-refractivity contribution in [2.24, 2.45) is 4.99 Å². The lowest BCUT2D eigenvalue weighted by Gasteiger charge is -2.03. The first-order valence-electron chi connectivity index (χ1n) is 9.65. The molecule has 4 aromatic rings. The van der Waals surface area contributed by atoms with Crippen LogP contribution in [-0.4, -0.2) is 23.7 Å². The molecular formula is C22H22N2O4S. The molecule has 29 heavy (non-hydrogen) atoms. The van der Waals surface area contributed by atoms with E-state index in [0.29, 0.717) is 35.9 Å². The summed E-state index contributed by atoms with van der Waals surface area (Å²) in [5.74, 6) is 1.21. The highest BCUT2D eigenvalue weighted by molar-refractivity contribution is 7.16. The van der Waals surface area contributed by atoms with E-state index in [0.717, 1.165) is 21.4 Å². The zero-order valence-electron chi connectivity index (χ0n) is 16.6. The van der Waals surface area contributed by atoms with E-state index in [1.165, 1.54) is 11.3 Å². The Labute approximate surface area is 172 Å². The zero-order chi connectivity index (χ0) is 20.4. The lowest BCUT2D eigenvalue weighted by Crippen LogP contribution is -2.15. The second-order valence-electron chi connectivity index (χ2n) is 6.33. The quantitative estimate of drug-likeness (QED) is 0.448. The summed E-state index contributed by atoms with van der Waals surface area (Å²) >= 11 is 1.46. The summed E-state index contributed by atoms with van der Waals surface area (Å²) in [6, 6.07) is 13.2. The van der Waals surface area contributed by atoms with E-state index in [-0.39, 0.29) is 5.76 Å². The van der Waals surface area contributed by atoms with Crippen LogP contribution in [0.2, 0.25) is 0 Å². The Hall–Kier alpha value is -3.06. The Kier molecular flexibility index (Phi) is 5.40. The highest BCUT2D eigenvalue weighted by Gasteiger charge is 2.15. The predicted molar refractivity (Wildman–Crippen MR) is 114 cm³/mol. The third-order valence-corrected chi connectivity index (χ3v) is 5.54. The second-order valence-corrected chi connectivity index (χ2v) is 7.34. The highest BCUT2D eigenvalue weighted by Crippen LogP contribution is 2.29. The van der Waals surface area contributed by atoms with Gasteiger partial charge in [0.15, 0.2) is 21.9 Å². The van der Waals surface area contributed by atoms with Gasteiger partial charge in [-0.3, -0.25) is 4.79 Å². The number of para-hydroxylation sites is 1. The Balaban J connectivity index is 1.77. The number of thiazole rings is 1. The number of furan rings is 1. The maximum absolute atomic E-state index is 12.8. The van der Waals surface area contributed by atoms with Crippen LogP contribution in [0.15, 0.2) is 51.9 Å². The van der Waals surface area contributed by atoms with Crippen molar-refractivity contribution in [1.29, 1.82) is 0 Å². The summed E-state index contributed by atoms with van der Waals surface area (Å²) in [6.07, 6.45) is 0. The fourth-order valence-electron chi connectivity index (χ4n) is 3.25. The smallest absolute Gasteiger partial charge is 0.315 e. The molecule has 0 radical (unpaired) electrons. The first-order chi connectivity index (χ1) is 14.1. The third kappa shape index (κ3) is 3.65. The molecule has 0 N–H and O–H groups in total. The second kappa shape index (κ2) is 8.13. The van der Waals surface area contributed by atoms with Gasteiger partial charge in [0.2, 0.25) is 0 Å². The zero-order valence-corrected chi connectivity index (χ0v) is 17.4. The highest BCUT2D eigenvalue weighted by atomic mass is 32.1. The van der Waals surface area contributed by atoms with Crippen LogP contribution < -0.4 is 14.3 Å². The van der Waals surface area contributed by atoms with Gasteiger partial charge in [-0.2, -0.15) is 4.99 Å². The van der Waals surface area contributed by atoms with Crippen molar-refractivity contribution < 1.29 is 18.7 Å². The molecule has 0 unspecified atom stereocenters. The summed E-state index contributed by atoms with van der Waals surface area (Å²) in [7, 11) is 0. The van der Waals surface area contributed by atoms with Crippen LogP contribution in [0.3, 0.4) is 0 Å². The fraction of sp³-hybridized carbons (Fsp3) is 0.273. The molecule has 2 aromatic heterocycles. The van der Waals surface area contributed by atoms with Crippen LogP contribution in [-0.2, 0) is 6.54 Å². The molecule has 7 heteroatoms. The number of hydrogen-bond donors (Lipinski definition) is 0. The molecule has 0 bridgehead atoms. The minimum atomic E-state index is -0.414. The average Bonchev–Trinajstić information content (AvgIpc) is 3.29. The van der Waals surface area contributed by atoms with E-state index in [1.54, 1.807) is 6.07 Å². The molecule has 0 aliphatic heterocycles. The van der Waals surface area contributed by atoms with Crippen molar-refractivity contribution >= 4 is 38.4 Å².